The molecule has 4 aromatic rings. The normalized spacial score (nSPS) is 14.3. The lowest BCUT2D eigenvalue weighted by molar-refractivity contribution is 0.185. The van der Waals surface area contributed by atoms with Crippen LogP contribution in [0.5, 0.6) is 0 Å². The Morgan fingerprint density at radius 2 is 1.70 bits per heavy atom. The molecule has 0 unspecified atom stereocenters. The van der Waals surface area contributed by atoms with Crippen molar-refractivity contribution in [2.45, 2.75) is 52.5 Å². The summed E-state index contributed by atoms with van der Waals surface area (Å²) in [5.74, 6) is 2.45. The van der Waals surface area contributed by atoms with Gasteiger partial charge in [0, 0.05) is 35.0 Å². The Morgan fingerprint density at radius 3 is 2.35 bits per heavy atom. The number of nitrogen functional groups attached to an aromatic ring is 1. The third-order valence-corrected chi connectivity index (χ3v) is 7.55. The molecule has 6 N–H and O–H groups in total. The number of piperidine rings is 1. The number of carbonyl (C=O) groups excluding carboxylic acids is 1. The number of carbonyl (C=O) groups is 1. The molecule has 224 valence electrons. The lowest BCUT2D eigenvalue weighted by Crippen LogP contribution is -2.32. The van der Waals surface area contributed by atoms with Gasteiger partial charge in [-0.15, -0.1) is 0 Å². The van der Waals surface area contributed by atoms with Gasteiger partial charge in [0.2, 0.25) is 0 Å². The average Bonchev–Trinajstić information content (AvgIpc) is 3.45. The van der Waals surface area contributed by atoms with Crippen LogP contribution in [0, 0.1) is 11.3 Å². The molecule has 0 bridgehead atoms. The number of likely N-dealkylation sites (tertiary alicyclic amines) is 1. The van der Waals surface area contributed by atoms with Crippen molar-refractivity contribution in [2.24, 2.45) is 5.92 Å². The van der Waals surface area contributed by atoms with E-state index in [-0.39, 0.29) is 16.9 Å². The average molecular weight is 582 g/mol. The zero-order valence-electron chi connectivity index (χ0n) is 25.1. The molecule has 1 aliphatic rings. The number of nitrogens with two attached hydrogens (primary N) is 1. The van der Waals surface area contributed by atoms with Crippen LogP contribution < -0.4 is 21.7 Å². The minimum absolute atomic E-state index is 0.213. The molecule has 2 aromatic carbocycles. The van der Waals surface area contributed by atoms with Gasteiger partial charge in [-0.3, -0.25) is 15.6 Å². The third kappa shape index (κ3) is 7.55. The highest BCUT2D eigenvalue weighted by molar-refractivity contribution is 6.16. The van der Waals surface area contributed by atoms with Crippen LogP contribution in [0.4, 0.5) is 33.6 Å². The maximum atomic E-state index is 12.5. The van der Waals surface area contributed by atoms with E-state index in [0.717, 1.165) is 31.1 Å². The summed E-state index contributed by atoms with van der Waals surface area (Å²) in [6.07, 6.45) is 3.84. The molecule has 2 aromatic heterocycles. The van der Waals surface area contributed by atoms with Crippen LogP contribution in [0.15, 0.2) is 65.4 Å². The minimum atomic E-state index is -0.440. The largest absolute Gasteiger partial charge is 0.383 e. The third-order valence-electron chi connectivity index (χ3n) is 7.55. The standard InChI is InChI=1S/C32H39N9O2/c1-20-13-15-41(16-14-20)18-21-5-7-22(8-6-21)28(33)27-29(34)35-19-36-30(27)37-23-9-11-24(12-10-23)38-31(42)39-26-17-25(43-40-26)32(2,3)4/h5-12,17,19-20,33H,13-16,18H2,1-4H3,(H3,34,35,36,37)(H2,38,39,40,42). The first-order chi connectivity index (χ1) is 20.5. The second-order valence-corrected chi connectivity index (χ2v) is 12.1. The van der Waals surface area contributed by atoms with E-state index < -0.39 is 6.03 Å². The van der Waals surface area contributed by atoms with Crippen molar-refractivity contribution in [3.63, 3.8) is 0 Å². The van der Waals surface area contributed by atoms with Gasteiger partial charge in [0.1, 0.15) is 23.7 Å². The quantitative estimate of drug-likeness (QED) is 0.150. The minimum Gasteiger partial charge on any atom is -0.383 e. The summed E-state index contributed by atoms with van der Waals surface area (Å²) in [7, 11) is 0. The summed E-state index contributed by atoms with van der Waals surface area (Å²) in [6.45, 7) is 11.5. The Kier molecular flexibility index (Phi) is 8.72. The lowest BCUT2D eigenvalue weighted by Gasteiger charge is -2.30. The Hall–Kier alpha value is -4.77. The van der Waals surface area contributed by atoms with E-state index in [4.69, 9.17) is 15.7 Å². The summed E-state index contributed by atoms with van der Waals surface area (Å²) in [5.41, 5.74) is 9.92. The van der Waals surface area contributed by atoms with Crippen molar-refractivity contribution in [1.82, 2.24) is 20.0 Å². The number of hydrogen-bond donors (Lipinski definition) is 5. The number of nitrogens with one attached hydrogen (secondary N) is 4. The molecule has 0 radical (unpaired) electrons. The maximum Gasteiger partial charge on any atom is 0.324 e. The topological polar surface area (TPSA) is 158 Å². The summed E-state index contributed by atoms with van der Waals surface area (Å²) < 4.78 is 5.31. The Labute approximate surface area is 251 Å². The van der Waals surface area contributed by atoms with Crippen molar-refractivity contribution < 1.29 is 9.32 Å². The van der Waals surface area contributed by atoms with Crippen molar-refractivity contribution in [2.75, 3.05) is 34.8 Å². The fraction of sp³-hybridized carbons (Fsp3) is 0.344. The number of urea groups is 1. The number of benzene rings is 2. The van der Waals surface area contributed by atoms with Gasteiger partial charge < -0.3 is 20.9 Å². The number of rotatable bonds is 8. The zero-order chi connectivity index (χ0) is 30.6. The highest BCUT2D eigenvalue weighted by atomic mass is 16.5. The fourth-order valence-corrected chi connectivity index (χ4v) is 4.88. The molecule has 0 saturated carbocycles. The van der Waals surface area contributed by atoms with Gasteiger partial charge in [-0.2, -0.15) is 0 Å². The van der Waals surface area contributed by atoms with Gasteiger partial charge >= 0.3 is 6.03 Å². The van der Waals surface area contributed by atoms with E-state index in [0.29, 0.717) is 34.3 Å². The first-order valence-corrected chi connectivity index (χ1v) is 14.5. The molecule has 11 nitrogen and oxygen atoms in total. The molecule has 2 amide bonds. The van der Waals surface area contributed by atoms with E-state index in [9.17, 15) is 4.79 Å². The Morgan fingerprint density at radius 1 is 1.02 bits per heavy atom. The number of hydrogen-bond acceptors (Lipinski definition) is 9. The van der Waals surface area contributed by atoms with Crippen molar-refractivity contribution in [3.8, 4) is 0 Å². The summed E-state index contributed by atoms with van der Waals surface area (Å²) in [5, 5.41) is 21.5. The molecule has 0 atom stereocenters. The SMILES string of the molecule is CC1CCN(Cc2ccc(C(=N)c3c(N)ncnc3Nc3ccc(NC(=O)Nc4cc(C(C)(C)C)on4)cc3)cc2)CC1. The van der Waals surface area contributed by atoms with Crippen LogP contribution >= 0.6 is 0 Å². The number of aromatic nitrogens is 3. The van der Waals surface area contributed by atoms with Gasteiger partial charge in [0.05, 0.1) is 11.3 Å². The molecular formula is C32H39N9O2. The zero-order valence-corrected chi connectivity index (χ0v) is 25.1. The first kappa shape index (κ1) is 29.7. The van der Waals surface area contributed by atoms with Gasteiger partial charge in [-0.1, -0.05) is 57.1 Å². The van der Waals surface area contributed by atoms with E-state index in [2.05, 4.69) is 55.0 Å². The van der Waals surface area contributed by atoms with E-state index in [1.54, 1.807) is 30.3 Å². The predicted octanol–water partition coefficient (Wildman–Crippen LogP) is 6.38. The number of amides is 2. The molecule has 1 fully saturated rings. The molecule has 1 saturated heterocycles. The second kappa shape index (κ2) is 12.6. The molecule has 3 heterocycles. The van der Waals surface area contributed by atoms with E-state index in [1.165, 1.54) is 24.7 Å². The number of anilines is 5. The molecule has 43 heavy (non-hydrogen) atoms. The summed E-state index contributed by atoms with van der Waals surface area (Å²) in [4.78, 5) is 23.5. The molecule has 0 spiro atoms. The van der Waals surface area contributed by atoms with Crippen LogP contribution in [0.1, 0.15) is 63.0 Å². The molecule has 0 aliphatic carbocycles. The highest BCUT2D eigenvalue weighted by Crippen LogP contribution is 2.27. The van der Waals surface area contributed by atoms with Crippen LogP contribution in [-0.2, 0) is 12.0 Å². The van der Waals surface area contributed by atoms with Gasteiger partial charge in [0.25, 0.3) is 0 Å². The Balaban J connectivity index is 1.22. The predicted molar refractivity (Wildman–Crippen MR) is 170 cm³/mol. The molecule has 11 heteroatoms. The van der Waals surface area contributed by atoms with Gasteiger partial charge in [0.15, 0.2) is 5.82 Å². The van der Waals surface area contributed by atoms with Crippen LogP contribution in [0.25, 0.3) is 0 Å². The Bertz CT molecular complexity index is 1570. The van der Waals surface area contributed by atoms with Crippen LogP contribution in [0.2, 0.25) is 0 Å². The number of nitrogens with zero attached hydrogens (tertiary/aromatic N) is 4. The summed E-state index contributed by atoms with van der Waals surface area (Å²) >= 11 is 0. The maximum absolute atomic E-state index is 12.5. The smallest absolute Gasteiger partial charge is 0.324 e. The van der Waals surface area contributed by atoms with Gasteiger partial charge in [-0.25, -0.2) is 14.8 Å². The monoisotopic (exact) mass is 581 g/mol. The second-order valence-electron chi connectivity index (χ2n) is 12.1. The fourth-order valence-electron chi connectivity index (χ4n) is 4.88. The van der Waals surface area contributed by atoms with Crippen molar-refractivity contribution >= 4 is 40.6 Å². The van der Waals surface area contributed by atoms with E-state index in [1.807, 2.05) is 32.9 Å². The molecular weight excluding hydrogens is 542 g/mol. The molecule has 1 aliphatic heterocycles. The van der Waals surface area contributed by atoms with Crippen LogP contribution in [0.3, 0.4) is 0 Å². The summed E-state index contributed by atoms with van der Waals surface area (Å²) in [6, 6.07) is 16.4. The highest BCUT2D eigenvalue weighted by Gasteiger charge is 2.21. The van der Waals surface area contributed by atoms with Crippen molar-refractivity contribution in [1.29, 1.82) is 5.41 Å². The van der Waals surface area contributed by atoms with Gasteiger partial charge in [-0.05, 0) is 61.7 Å². The lowest BCUT2D eigenvalue weighted by atomic mass is 9.93. The van der Waals surface area contributed by atoms with Crippen LogP contribution in [-0.4, -0.2) is 44.9 Å². The first-order valence-electron chi connectivity index (χ1n) is 14.5. The molecule has 5 rings (SSSR count). The van der Waals surface area contributed by atoms with E-state index >= 15 is 0 Å². The van der Waals surface area contributed by atoms with Crippen molar-refractivity contribution in [3.05, 3.63) is 83.4 Å².